The van der Waals surface area contributed by atoms with Crippen LogP contribution in [-0.4, -0.2) is 17.1 Å². The molecule has 1 aliphatic heterocycles. The number of halogens is 1. The maximum atomic E-state index is 14.1. The summed E-state index contributed by atoms with van der Waals surface area (Å²) >= 11 is 4.87. The molecular weight excluding hydrogens is 624 g/mol. The van der Waals surface area contributed by atoms with E-state index in [1.807, 2.05) is 73.7 Å². The van der Waals surface area contributed by atoms with Gasteiger partial charge in [-0.2, -0.15) is 0 Å². The lowest BCUT2D eigenvalue weighted by Gasteiger charge is -2.24. The number of carbonyl (C=O) groups excluding carboxylic acids is 1. The third kappa shape index (κ3) is 5.72. The Labute approximate surface area is 261 Å². The van der Waals surface area contributed by atoms with E-state index in [0.29, 0.717) is 33.0 Å². The van der Waals surface area contributed by atoms with E-state index in [1.165, 1.54) is 11.3 Å². The number of rotatable bonds is 7. The first kappa shape index (κ1) is 28.8. The first-order chi connectivity index (χ1) is 20.8. The molecular formula is C35H29BrN2O4S. The number of esters is 1. The summed E-state index contributed by atoms with van der Waals surface area (Å²) in [5.74, 6) is 0.181. The average Bonchev–Trinajstić information content (AvgIpc) is 3.30. The lowest BCUT2D eigenvalue weighted by molar-refractivity contribution is -0.139. The molecule has 0 N–H and O–H groups in total. The number of nitrogens with zero attached hydrogens (tertiary/aromatic N) is 2. The van der Waals surface area contributed by atoms with Gasteiger partial charge in [-0.3, -0.25) is 9.36 Å². The molecule has 6 rings (SSSR count). The normalized spacial score (nSPS) is 14.9. The monoisotopic (exact) mass is 652 g/mol. The topological polar surface area (TPSA) is 69.9 Å². The van der Waals surface area contributed by atoms with Crippen LogP contribution in [-0.2, 0) is 16.1 Å². The Morgan fingerprint density at radius 2 is 1.79 bits per heavy atom. The van der Waals surface area contributed by atoms with Gasteiger partial charge in [-0.1, -0.05) is 99.6 Å². The molecule has 6 nitrogen and oxygen atoms in total. The van der Waals surface area contributed by atoms with Gasteiger partial charge in [0, 0.05) is 10.0 Å². The molecule has 0 bridgehead atoms. The number of aromatic nitrogens is 1. The van der Waals surface area contributed by atoms with Crippen molar-refractivity contribution in [1.29, 1.82) is 0 Å². The minimum absolute atomic E-state index is 0.227. The van der Waals surface area contributed by atoms with Crippen LogP contribution in [0.5, 0.6) is 5.75 Å². The smallest absolute Gasteiger partial charge is 0.338 e. The van der Waals surface area contributed by atoms with Crippen LogP contribution in [0.2, 0.25) is 0 Å². The molecule has 0 amide bonds. The van der Waals surface area contributed by atoms with Crippen LogP contribution in [0.1, 0.15) is 42.1 Å². The molecule has 0 saturated heterocycles. The average molecular weight is 654 g/mol. The number of thiazole rings is 1. The zero-order valence-corrected chi connectivity index (χ0v) is 26.4. The lowest BCUT2D eigenvalue weighted by Crippen LogP contribution is -2.39. The van der Waals surface area contributed by atoms with Gasteiger partial charge in [0.2, 0.25) is 0 Å². The molecule has 0 unspecified atom stereocenters. The fourth-order valence-corrected chi connectivity index (χ4v) is 6.75. The van der Waals surface area contributed by atoms with Crippen molar-refractivity contribution in [3.8, 4) is 5.75 Å². The van der Waals surface area contributed by atoms with Crippen molar-refractivity contribution in [3.05, 3.63) is 143 Å². The molecule has 0 spiro atoms. The van der Waals surface area contributed by atoms with Gasteiger partial charge in [-0.05, 0) is 66.9 Å². The zero-order valence-electron chi connectivity index (χ0n) is 24.0. The quantitative estimate of drug-likeness (QED) is 0.186. The molecule has 1 aromatic heterocycles. The second-order valence-corrected chi connectivity index (χ2v) is 12.2. The maximum absolute atomic E-state index is 14.1. The van der Waals surface area contributed by atoms with Crippen molar-refractivity contribution in [2.45, 2.75) is 33.4 Å². The highest BCUT2D eigenvalue weighted by Crippen LogP contribution is 2.31. The fraction of sp³-hybridized carbons (Fsp3) is 0.171. The largest absolute Gasteiger partial charge is 0.488 e. The zero-order chi connectivity index (χ0) is 30.1. The predicted molar refractivity (Wildman–Crippen MR) is 174 cm³/mol. The van der Waals surface area contributed by atoms with Crippen LogP contribution in [0.3, 0.4) is 0 Å². The first-order valence-electron chi connectivity index (χ1n) is 14.0. The van der Waals surface area contributed by atoms with E-state index in [4.69, 9.17) is 14.5 Å². The van der Waals surface area contributed by atoms with Crippen LogP contribution < -0.4 is 19.6 Å². The summed E-state index contributed by atoms with van der Waals surface area (Å²) in [5, 5.41) is 2.29. The molecule has 216 valence electrons. The standard InChI is InChI=1S/C35H29BrN2O4S/c1-4-41-34(40)31-22(3)37-35-38(32(31)24-14-12-21(2)13-15-24)33(39)30(43-35)19-26-18-27(36)16-17-29(26)42-20-25-10-7-9-23-8-5-6-11-28(23)25/h5-19,32H,4,20H2,1-3H3/b30-19+/t32-/m0/s1. The Bertz CT molecular complexity index is 2070. The van der Waals surface area contributed by atoms with Gasteiger partial charge in [0.05, 0.1) is 28.5 Å². The summed E-state index contributed by atoms with van der Waals surface area (Å²) in [7, 11) is 0. The molecule has 1 atom stereocenters. The molecule has 1 aliphatic rings. The highest BCUT2D eigenvalue weighted by Gasteiger charge is 2.33. The number of fused-ring (bicyclic) bond motifs is 2. The number of ether oxygens (including phenoxy) is 2. The predicted octanol–water partition coefficient (Wildman–Crippen LogP) is 6.60. The molecule has 8 heteroatoms. The second-order valence-electron chi connectivity index (χ2n) is 10.3. The maximum Gasteiger partial charge on any atom is 0.338 e. The van der Waals surface area contributed by atoms with E-state index in [1.54, 1.807) is 18.4 Å². The molecule has 43 heavy (non-hydrogen) atoms. The van der Waals surface area contributed by atoms with Gasteiger partial charge < -0.3 is 9.47 Å². The Morgan fingerprint density at radius 1 is 1.02 bits per heavy atom. The highest BCUT2D eigenvalue weighted by molar-refractivity contribution is 9.10. The summed E-state index contributed by atoms with van der Waals surface area (Å²) < 4.78 is 14.7. The minimum Gasteiger partial charge on any atom is -0.488 e. The summed E-state index contributed by atoms with van der Waals surface area (Å²) in [6, 6.07) is 27.4. The lowest BCUT2D eigenvalue weighted by atomic mass is 9.95. The number of allylic oxidation sites excluding steroid dienone is 1. The third-order valence-electron chi connectivity index (χ3n) is 7.43. The number of carbonyl (C=O) groups is 1. The van der Waals surface area contributed by atoms with E-state index in [0.717, 1.165) is 37.5 Å². The van der Waals surface area contributed by atoms with E-state index in [2.05, 4.69) is 40.2 Å². The number of benzene rings is 4. The molecule has 0 saturated carbocycles. The first-order valence-corrected chi connectivity index (χ1v) is 15.6. The van der Waals surface area contributed by atoms with Gasteiger partial charge in [0.1, 0.15) is 12.4 Å². The van der Waals surface area contributed by atoms with Crippen LogP contribution in [0.25, 0.3) is 16.8 Å². The number of aryl methyl sites for hydroxylation is 1. The van der Waals surface area contributed by atoms with Crippen molar-refractivity contribution >= 4 is 50.1 Å². The van der Waals surface area contributed by atoms with E-state index in [9.17, 15) is 9.59 Å². The highest BCUT2D eigenvalue weighted by atomic mass is 79.9. The van der Waals surface area contributed by atoms with Crippen molar-refractivity contribution < 1.29 is 14.3 Å². The third-order valence-corrected chi connectivity index (χ3v) is 8.91. The number of hydrogen-bond acceptors (Lipinski definition) is 6. The van der Waals surface area contributed by atoms with Crippen molar-refractivity contribution in [3.63, 3.8) is 0 Å². The fourth-order valence-electron chi connectivity index (χ4n) is 5.33. The van der Waals surface area contributed by atoms with Crippen molar-refractivity contribution in [2.75, 3.05) is 6.61 Å². The molecule has 5 aromatic rings. The Morgan fingerprint density at radius 3 is 2.58 bits per heavy atom. The van der Waals surface area contributed by atoms with Gasteiger partial charge in [0.15, 0.2) is 4.80 Å². The number of hydrogen-bond donors (Lipinski definition) is 0. The van der Waals surface area contributed by atoms with Crippen molar-refractivity contribution in [1.82, 2.24) is 4.57 Å². The molecule has 4 aromatic carbocycles. The summed E-state index contributed by atoms with van der Waals surface area (Å²) in [6.07, 6.45) is 1.84. The minimum atomic E-state index is -0.650. The van der Waals surface area contributed by atoms with E-state index >= 15 is 0 Å². The Balaban J connectivity index is 1.44. The van der Waals surface area contributed by atoms with Gasteiger partial charge in [0.25, 0.3) is 5.56 Å². The van der Waals surface area contributed by atoms with Gasteiger partial charge >= 0.3 is 5.97 Å². The molecule has 0 fully saturated rings. The summed E-state index contributed by atoms with van der Waals surface area (Å²) in [6.45, 7) is 6.16. The van der Waals surface area contributed by atoms with Crippen LogP contribution in [0.15, 0.2) is 110 Å². The van der Waals surface area contributed by atoms with E-state index < -0.39 is 12.0 Å². The summed E-state index contributed by atoms with van der Waals surface area (Å²) in [5.41, 5.74) is 4.41. The van der Waals surface area contributed by atoms with E-state index in [-0.39, 0.29) is 12.2 Å². The summed E-state index contributed by atoms with van der Waals surface area (Å²) in [4.78, 5) is 32.4. The van der Waals surface area contributed by atoms with Crippen LogP contribution in [0.4, 0.5) is 0 Å². The second kappa shape index (κ2) is 12.1. The Hall–Kier alpha value is -4.27. The Kier molecular flexibility index (Phi) is 8.15. The van der Waals surface area contributed by atoms with Crippen LogP contribution >= 0.6 is 27.3 Å². The van der Waals surface area contributed by atoms with Crippen LogP contribution in [0, 0.1) is 6.92 Å². The van der Waals surface area contributed by atoms with Gasteiger partial charge in [-0.25, -0.2) is 9.79 Å². The van der Waals surface area contributed by atoms with Crippen molar-refractivity contribution in [2.24, 2.45) is 4.99 Å². The molecule has 0 aliphatic carbocycles. The molecule has 0 radical (unpaired) electrons. The molecule has 2 heterocycles. The van der Waals surface area contributed by atoms with Gasteiger partial charge in [-0.15, -0.1) is 0 Å². The SMILES string of the molecule is CCOC(=O)C1=C(C)N=c2s/c(=C/c3cc(Br)ccc3OCc3cccc4ccccc34)c(=O)n2[C@H]1c1ccc(C)cc1.